The topological polar surface area (TPSA) is 188 Å². The fourth-order valence-electron chi connectivity index (χ4n) is 9.52. The van der Waals surface area contributed by atoms with Crippen LogP contribution in [0.4, 0.5) is 17.3 Å². The summed E-state index contributed by atoms with van der Waals surface area (Å²) in [6.45, 7) is 16.9. The highest BCUT2D eigenvalue weighted by molar-refractivity contribution is 14.0. The largest absolute Gasteiger partial charge is 0.371 e. The van der Waals surface area contributed by atoms with Gasteiger partial charge in [-0.25, -0.2) is 48.3 Å². The van der Waals surface area contributed by atoms with Gasteiger partial charge in [0, 0.05) is 53.1 Å². The zero-order valence-electron chi connectivity index (χ0n) is 42.8. The molecule has 2 aliphatic heterocycles. The van der Waals surface area contributed by atoms with Crippen molar-refractivity contribution in [1.82, 2.24) is 63.3 Å². The van der Waals surface area contributed by atoms with E-state index in [0.717, 1.165) is 30.2 Å². The summed E-state index contributed by atoms with van der Waals surface area (Å²) >= 11 is 15.2. The number of allylic oxidation sites excluding steroid dienone is 3. The van der Waals surface area contributed by atoms with Crippen LogP contribution < -0.4 is 26.9 Å². The molecule has 0 unspecified atom stereocenters. The molecule has 0 aliphatic carbocycles. The second kappa shape index (κ2) is 25.3. The smallest absolute Gasteiger partial charge is 0.278 e. The molecule has 3 aromatic carbocycles. The van der Waals surface area contributed by atoms with Gasteiger partial charge in [-0.3, -0.25) is 19.5 Å². The van der Waals surface area contributed by atoms with Gasteiger partial charge in [-0.05, 0) is 124 Å². The minimum absolute atomic E-state index is 0. The van der Waals surface area contributed by atoms with E-state index < -0.39 is 0 Å². The Morgan fingerprint density at radius 1 is 0.636 bits per heavy atom. The highest BCUT2D eigenvalue weighted by atomic mass is 127. The number of rotatable bonds is 13. The molecule has 2 saturated heterocycles. The first-order valence-corrected chi connectivity index (χ1v) is 27.7. The quantitative estimate of drug-likeness (QED) is 0.0480. The Balaban J connectivity index is 0.000000173. The first kappa shape index (κ1) is 56.7. The fourth-order valence-corrected chi connectivity index (χ4v) is 10.6. The molecule has 2 N–H and O–H groups in total. The van der Waals surface area contributed by atoms with Gasteiger partial charge >= 0.3 is 0 Å². The highest BCUT2D eigenvalue weighted by Crippen LogP contribution is 2.42. The SMILES string of the molecule is C=CCn1[nH]c2nc(SC)ncc2c1=O.C=CCn1c(=O)c2cnc(Nc3ccc(N4CCC5(CCN(C)CC5)CC4)cc3)nc2n1-c1cccc(Cl)c1.C=CCn1c(=O)c2cnc(SC)nc2n1-c1cccc(Cl)c1.I. The second-order valence-corrected chi connectivity index (χ2v) is 20.8. The number of H-pyrrole nitrogens is 1. The van der Waals surface area contributed by atoms with Crippen molar-refractivity contribution < 1.29 is 0 Å². The van der Waals surface area contributed by atoms with Crippen LogP contribution in [0.3, 0.4) is 0 Å². The Morgan fingerprint density at radius 2 is 1.14 bits per heavy atom. The van der Waals surface area contributed by atoms with Crippen molar-refractivity contribution in [1.29, 1.82) is 0 Å². The van der Waals surface area contributed by atoms with Crippen molar-refractivity contribution in [2.75, 3.05) is 56.0 Å². The number of thioether (sulfide) groups is 2. The molecular formula is C54H58Cl2IN15O3S2. The van der Waals surface area contributed by atoms with Crippen LogP contribution >= 0.6 is 70.7 Å². The minimum atomic E-state index is -0.177. The summed E-state index contributed by atoms with van der Waals surface area (Å²) < 4.78 is 8.14. The van der Waals surface area contributed by atoms with Gasteiger partial charge in [-0.2, -0.15) is 4.98 Å². The van der Waals surface area contributed by atoms with Gasteiger partial charge in [0.1, 0.15) is 16.2 Å². The van der Waals surface area contributed by atoms with E-state index in [-0.39, 0.29) is 40.7 Å². The number of nitrogens with zero attached hydrogens (tertiary/aromatic N) is 13. The Bertz CT molecular complexity index is 3760. The molecular weight excluding hydrogens is 1170 g/mol. The first-order chi connectivity index (χ1) is 36.9. The molecule has 0 amide bonds. The molecule has 2 aliphatic rings. The number of anilines is 3. The van der Waals surface area contributed by atoms with Gasteiger partial charge in [0.2, 0.25) is 5.95 Å². The van der Waals surface area contributed by atoms with Gasteiger partial charge < -0.3 is 15.1 Å². The minimum Gasteiger partial charge on any atom is -0.371 e. The van der Waals surface area contributed by atoms with Crippen LogP contribution in [0, 0.1) is 5.41 Å². The molecule has 9 aromatic rings. The van der Waals surface area contributed by atoms with E-state index in [0.29, 0.717) is 84.5 Å². The molecule has 6 aromatic heterocycles. The number of likely N-dealkylation sites (tertiary alicyclic amines) is 1. The van der Waals surface area contributed by atoms with E-state index in [1.807, 2.05) is 42.8 Å². The predicted molar refractivity (Wildman–Crippen MR) is 324 cm³/mol. The molecule has 0 radical (unpaired) electrons. The first-order valence-electron chi connectivity index (χ1n) is 24.5. The number of hydrogen-bond donors (Lipinski definition) is 2. The number of halogens is 3. The van der Waals surface area contributed by atoms with Crippen molar-refractivity contribution in [2.45, 2.75) is 55.6 Å². The summed E-state index contributed by atoms with van der Waals surface area (Å²) in [5.74, 6) is 0.420. The summed E-state index contributed by atoms with van der Waals surface area (Å²) in [5, 5.41) is 10.1. The lowest BCUT2D eigenvalue weighted by Crippen LogP contribution is -2.46. The summed E-state index contributed by atoms with van der Waals surface area (Å²) in [6.07, 6.45) is 18.7. The molecule has 400 valence electrons. The van der Waals surface area contributed by atoms with Crippen molar-refractivity contribution in [3.05, 3.63) is 170 Å². The summed E-state index contributed by atoms with van der Waals surface area (Å²) in [4.78, 5) is 68.5. The molecule has 0 atom stereocenters. The van der Waals surface area contributed by atoms with Gasteiger partial charge in [-0.15, -0.1) is 43.7 Å². The number of nitrogens with one attached hydrogen (secondary N) is 2. The standard InChI is InChI=1S/C30H34ClN7O.C15H13ClN4OS.C9H10N4OS.HI/c1-3-15-37-28(39)26-21-32-29(34-27(26)38(37)25-6-4-5-22(31)20-25)33-23-7-9-24(10-8-23)36-18-13-30(14-19-36)11-16-35(2)17-12-30;1-3-7-19-14(21)12-9-17-15(22-2)18-13(12)20(19)11-6-4-5-10(16)8-11;1-3-4-13-8(14)6-5-10-9(15-2)11-7(6)12-13;/h3-10,20-21H,1,11-19H2,2H3,(H,32,33,34);3-6,8-9H,1,7H2,2H3;3,5H,1,4H2,2H3,(H,10,11,12);1H. The number of fused-ring (bicyclic) bond motifs is 3. The maximum Gasteiger partial charge on any atom is 0.278 e. The van der Waals surface area contributed by atoms with Crippen molar-refractivity contribution in [2.24, 2.45) is 5.41 Å². The number of aromatic nitrogens is 12. The number of benzene rings is 3. The molecule has 8 heterocycles. The zero-order valence-corrected chi connectivity index (χ0v) is 48.3. The van der Waals surface area contributed by atoms with E-state index in [9.17, 15) is 14.4 Å². The summed E-state index contributed by atoms with van der Waals surface area (Å²) in [5.41, 5.74) is 5.39. The highest BCUT2D eigenvalue weighted by Gasteiger charge is 2.37. The molecule has 23 heteroatoms. The van der Waals surface area contributed by atoms with E-state index in [1.165, 1.54) is 72.7 Å². The fraction of sp³-hybridized carbons (Fsp3) is 0.278. The third-order valence-electron chi connectivity index (χ3n) is 13.6. The predicted octanol–water partition coefficient (Wildman–Crippen LogP) is 10.3. The van der Waals surface area contributed by atoms with Crippen LogP contribution in [0.5, 0.6) is 0 Å². The van der Waals surface area contributed by atoms with Gasteiger partial charge in [0.15, 0.2) is 27.3 Å². The van der Waals surface area contributed by atoms with E-state index in [1.54, 1.807) is 73.7 Å². The monoisotopic (exact) mass is 1230 g/mol. The summed E-state index contributed by atoms with van der Waals surface area (Å²) in [7, 11) is 2.23. The molecule has 11 rings (SSSR count). The Morgan fingerprint density at radius 3 is 1.68 bits per heavy atom. The Kier molecular flexibility index (Phi) is 18.6. The molecule has 0 saturated carbocycles. The van der Waals surface area contributed by atoms with Crippen molar-refractivity contribution >= 4 is 121 Å². The van der Waals surface area contributed by atoms with Gasteiger partial charge in [0.25, 0.3) is 16.7 Å². The van der Waals surface area contributed by atoms with Crippen LogP contribution in [-0.4, -0.2) is 109 Å². The normalized spacial score (nSPS) is 14.1. The second-order valence-electron chi connectivity index (χ2n) is 18.4. The lowest BCUT2D eigenvalue weighted by Gasteiger charge is -2.46. The van der Waals surface area contributed by atoms with Crippen LogP contribution in [0.15, 0.2) is 154 Å². The summed E-state index contributed by atoms with van der Waals surface area (Å²) in [6, 6.07) is 23.1. The van der Waals surface area contributed by atoms with Gasteiger partial charge in [-0.1, -0.05) is 77.1 Å². The van der Waals surface area contributed by atoms with E-state index in [2.05, 4.69) is 96.2 Å². The molecule has 1 spiro atoms. The van der Waals surface area contributed by atoms with E-state index >= 15 is 0 Å². The Hall–Kier alpha value is -6.50. The van der Waals surface area contributed by atoms with Crippen LogP contribution in [0.2, 0.25) is 10.0 Å². The van der Waals surface area contributed by atoms with Crippen LogP contribution in [0.25, 0.3) is 44.5 Å². The van der Waals surface area contributed by atoms with E-state index in [4.69, 9.17) is 28.2 Å². The maximum atomic E-state index is 13.1. The molecule has 2 fully saturated rings. The molecule has 18 nitrogen and oxygen atoms in total. The molecule has 77 heavy (non-hydrogen) atoms. The number of aromatic amines is 1. The average Bonchev–Trinajstić information content (AvgIpc) is 4.12. The number of hydrogen-bond acceptors (Lipinski definition) is 14. The average molecular weight is 1230 g/mol. The van der Waals surface area contributed by atoms with Crippen molar-refractivity contribution in [3.63, 3.8) is 0 Å². The zero-order chi connectivity index (χ0) is 53.5. The lowest BCUT2D eigenvalue weighted by molar-refractivity contribution is 0.0945. The lowest BCUT2D eigenvalue weighted by atomic mass is 9.71. The Labute approximate surface area is 479 Å². The third kappa shape index (κ3) is 12.4. The van der Waals surface area contributed by atoms with Crippen molar-refractivity contribution in [3.8, 4) is 11.4 Å². The maximum absolute atomic E-state index is 13.1. The molecule has 0 bridgehead atoms. The van der Waals surface area contributed by atoms with Crippen LogP contribution in [0.1, 0.15) is 25.7 Å². The third-order valence-corrected chi connectivity index (χ3v) is 15.2. The number of piperidine rings is 2. The van der Waals surface area contributed by atoms with Gasteiger partial charge in [0.05, 0.1) is 31.0 Å². The van der Waals surface area contributed by atoms with Crippen LogP contribution in [-0.2, 0) is 19.6 Å².